The Morgan fingerprint density at radius 3 is 2.79 bits per heavy atom. The summed E-state index contributed by atoms with van der Waals surface area (Å²) in [6.45, 7) is 8.18. The predicted molar refractivity (Wildman–Crippen MR) is 72.7 cm³/mol. The van der Waals surface area contributed by atoms with E-state index in [9.17, 15) is 4.79 Å². The number of nitrogens with zero attached hydrogens (tertiary/aromatic N) is 2. The van der Waals surface area contributed by atoms with Crippen LogP contribution in [0, 0.1) is 19.3 Å². The highest BCUT2D eigenvalue weighted by atomic mass is 16.5. The lowest BCUT2D eigenvalue weighted by Crippen LogP contribution is -2.49. The molecule has 5 heteroatoms. The number of aryl methyl sites for hydroxylation is 2. The van der Waals surface area contributed by atoms with Gasteiger partial charge in [-0.25, -0.2) is 0 Å². The van der Waals surface area contributed by atoms with E-state index in [1.54, 1.807) is 4.90 Å². The van der Waals surface area contributed by atoms with E-state index in [0.717, 1.165) is 42.9 Å². The molecular weight excluding hydrogens is 242 g/mol. The van der Waals surface area contributed by atoms with Gasteiger partial charge in [-0.2, -0.15) is 0 Å². The van der Waals surface area contributed by atoms with Crippen molar-refractivity contribution in [1.82, 2.24) is 15.4 Å². The van der Waals surface area contributed by atoms with Crippen LogP contribution in [0.15, 0.2) is 4.52 Å². The Morgan fingerprint density at radius 1 is 1.53 bits per heavy atom. The van der Waals surface area contributed by atoms with Crippen LogP contribution in [0.25, 0.3) is 0 Å². The van der Waals surface area contributed by atoms with E-state index < -0.39 is 0 Å². The maximum absolute atomic E-state index is 12.6. The Hall–Kier alpha value is -1.36. The summed E-state index contributed by atoms with van der Waals surface area (Å²) in [6, 6.07) is 0. The summed E-state index contributed by atoms with van der Waals surface area (Å²) >= 11 is 0. The van der Waals surface area contributed by atoms with Crippen molar-refractivity contribution >= 4 is 5.91 Å². The third-order valence-corrected chi connectivity index (χ3v) is 4.04. The number of hydrogen-bond acceptors (Lipinski definition) is 4. The Bertz CT molecular complexity index is 442. The molecule has 0 spiro atoms. The average molecular weight is 265 g/mol. The first-order valence-electron chi connectivity index (χ1n) is 6.82. The second-order valence-corrected chi connectivity index (χ2v) is 5.80. The zero-order chi connectivity index (χ0) is 14.0. The molecule has 2 rings (SSSR count). The summed E-state index contributed by atoms with van der Waals surface area (Å²) in [5, 5.41) is 7.25. The number of aromatic nitrogens is 1. The molecule has 1 aliphatic heterocycles. The summed E-state index contributed by atoms with van der Waals surface area (Å²) in [5.41, 5.74) is 1.60. The SMILES string of the molecule is Cc1noc(C)c1CN(C)C(=O)C1(C)CCCNC1. The highest BCUT2D eigenvalue weighted by Gasteiger charge is 2.36. The van der Waals surface area contributed by atoms with Gasteiger partial charge in [-0.05, 0) is 40.2 Å². The van der Waals surface area contributed by atoms with Crippen molar-refractivity contribution in [2.24, 2.45) is 5.41 Å². The standard InChI is InChI=1S/C14H23N3O2/c1-10-12(11(2)19-16-10)8-17(4)13(18)14(3)6-5-7-15-9-14/h15H,5-9H2,1-4H3. The zero-order valence-electron chi connectivity index (χ0n) is 12.2. The van der Waals surface area contributed by atoms with Gasteiger partial charge in [0.2, 0.25) is 5.91 Å². The van der Waals surface area contributed by atoms with Gasteiger partial charge >= 0.3 is 0 Å². The highest BCUT2D eigenvalue weighted by molar-refractivity contribution is 5.82. The molecule has 1 unspecified atom stereocenters. The minimum absolute atomic E-state index is 0.194. The van der Waals surface area contributed by atoms with E-state index in [-0.39, 0.29) is 11.3 Å². The van der Waals surface area contributed by atoms with E-state index in [2.05, 4.69) is 10.5 Å². The molecule has 0 saturated carbocycles. The normalized spacial score (nSPS) is 23.4. The molecule has 19 heavy (non-hydrogen) atoms. The minimum Gasteiger partial charge on any atom is -0.361 e. The lowest BCUT2D eigenvalue weighted by molar-refractivity contribution is -0.141. The molecule has 1 aromatic rings. The number of piperidine rings is 1. The van der Waals surface area contributed by atoms with E-state index in [1.165, 1.54) is 0 Å². The maximum Gasteiger partial charge on any atom is 0.229 e. The maximum atomic E-state index is 12.6. The van der Waals surface area contributed by atoms with Crippen molar-refractivity contribution in [3.05, 3.63) is 17.0 Å². The van der Waals surface area contributed by atoms with Crippen molar-refractivity contribution in [2.45, 2.75) is 40.2 Å². The average Bonchev–Trinajstić information content (AvgIpc) is 2.70. The van der Waals surface area contributed by atoms with Gasteiger partial charge in [-0.3, -0.25) is 4.79 Å². The van der Waals surface area contributed by atoms with Gasteiger partial charge in [0.1, 0.15) is 5.76 Å². The van der Waals surface area contributed by atoms with Crippen LogP contribution < -0.4 is 5.32 Å². The molecule has 0 bridgehead atoms. The van der Waals surface area contributed by atoms with Crippen LogP contribution in [-0.2, 0) is 11.3 Å². The van der Waals surface area contributed by atoms with Crippen LogP contribution in [0.3, 0.4) is 0 Å². The van der Waals surface area contributed by atoms with Crippen molar-refractivity contribution in [3.8, 4) is 0 Å². The van der Waals surface area contributed by atoms with Gasteiger partial charge in [-0.15, -0.1) is 0 Å². The molecule has 0 radical (unpaired) electrons. The molecule has 1 amide bonds. The second kappa shape index (κ2) is 5.33. The molecule has 106 valence electrons. The number of amides is 1. The fraction of sp³-hybridized carbons (Fsp3) is 0.714. The van der Waals surface area contributed by atoms with Crippen LogP contribution in [0.4, 0.5) is 0 Å². The molecule has 5 nitrogen and oxygen atoms in total. The molecule has 2 heterocycles. The van der Waals surface area contributed by atoms with Gasteiger partial charge in [0.05, 0.1) is 17.7 Å². The van der Waals surface area contributed by atoms with Gasteiger partial charge in [0.15, 0.2) is 0 Å². The lowest BCUT2D eigenvalue weighted by atomic mass is 9.81. The van der Waals surface area contributed by atoms with Crippen molar-refractivity contribution < 1.29 is 9.32 Å². The molecule has 1 fully saturated rings. The number of nitrogens with one attached hydrogen (secondary N) is 1. The Kier molecular flexibility index (Phi) is 3.94. The van der Waals surface area contributed by atoms with Crippen molar-refractivity contribution in [2.75, 3.05) is 20.1 Å². The fourth-order valence-electron chi connectivity index (χ4n) is 2.74. The fourth-order valence-corrected chi connectivity index (χ4v) is 2.74. The van der Waals surface area contributed by atoms with Gasteiger partial charge < -0.3 is 14.7 Å². The monoisotopic (exact) mass is 265 g/mol. The summed E-state index contributed by atoms with van der Waals surface area (Å²) in [6.07, 6.45) is 2.01. The number of carbonyl (C=O) groups is 1. The van der Waals surface area contributed by atoms with Gasteiger partial charge in [-0.1, -0.05) is 5.16 Å². The first kappa shape index (κ1) is 14.1. The third-order valence-electron chi connectivity index (χ3n) is 4.04. The van der Waals surface area contributed by atoms with Crippen molar-refractivity contribution in [1.29, 1.82) is 0 Å². The summed E-state index contributed by atoms with van der Waals surface area (Å²) in [7, 11) is 1.86. The van der Waals surface area contributed by atoms with E-state index in [1.807, 2.05) is 27.8 Å². The molecule has 1 aliphatic rings. The Balaban J connectivity index is 2.07. The van der Waals surface area contributed by atoms with Gasteiger partial charge in [0.25, 0.3) is 0 Å². The van der Waals surface area contributed by atoms with Crippen molar-refractivity contribution in [3.63, 3.8) is 0 Å². The van der Waals surface area contributed by atoms with Crippen LogP contribution in [0.1, 0.15) is 36.8 Å². The van der Waals surface area contributed by atoms with Crippen LogP contribution >= 0.6 is 0 Å². The summed E-state index contributed by atoms with van der Waals surface area (Å²) in [4.78, 5) is 14.4. The molecule has 1 saturated heterocycles. The summed E-state index contributed by atoms with van der Waals surface area (Å²) < 4.78 is 5.15. The molecular formula is C14H23N3O2. The molecule has 0 aromatic carbocycles. The largest absolute Gasteiger partial charge is 0.361 e. The quantitative estimate of drug-likeness (QED) is 0.902. The first-order valence-corrected chi connectivity index (χ1v) is 6.82. The predicted octanol–water partition coefficient (Wildman–Crippen LogP) is 1.64. The summed E-state index contributed by atoms with van der Waals surface area (Å²) in [5.74, 6) is 0.990. The molecule has 1 N–H and O–H groups in total. The van der Waals surface area contributed by atoms with Crippen LogP contribution in [0.5, 0.6) is 0 Å². The molecule has 1 aromatic heterocycles. The number of rotatable bonds is 3. The first-order chi connectivity index (χ1) is 8.94. The Labute approximate surface area is 114 Å². The molecule has 1 atom stereocenters. The number of carbonyl (C=O) groups excluding carboxylic acids is 1. The lowest BCUT2D eigenvalue weighted by Gasteiger charge is -2.36. The van der Waals surface area contributed by atoms with E-state index in [0.29, 0.717) is 6.54 Å². The van der Waals surface area contributed by atoms with E-state index in [4.69, 9.17) is 4.52 Å². The third kappa shape index (κ3) is 2.81. The molecule has 0 aliphatic carbocycles. The van der Waals surface area contributed by atoms with Crippen LogP contribution in [-0.4, -0.2) is 36.1 Å². The Morgan fingerprint density at radius 2 is 2.26 bits per heavy atom. The van der Waals surface area contributed by atoms with E-state index >= 15 is 0 Å². The highest BCUT2D eigenvalue weighted by Crippen LogP contribution is 2.28. The topological polar surface area (TPSA) is 58.4 Å². The van der Waals surface area contributed by atoms with Gasteiger partial charge in [0, 0.05) is 19.2 Å². The smallest absolute Gasteiger partial charge is 0.229 e. The minimum atomic E-state index is -0.286. The van der Waals surface area contributed by atoms with Crippen LogP contribution in [0.2, 0.25) is 0 Å². The zero-order valence-corrected chi connectivity index (χ0v) is 12.2. The second-order valence-electron chi connectivity index (χ2n) is 5.80. The number of hydrogen-bond donors (Lipinski definition) is 1.